The van der Waals surface area contributed by atoms with Gasteiger partial charge in [-0.1, -0.05) is 70.5 Å². The molecule has 4 heterocycles. The fourth-order valence-electron chi connectivity index (χ4n) is 5.41. The number of phenolic OH excluding ortho intramolecular Hbond substituents is 1. The Bertz CT molecular complexity index is 2150. The van der Waals surface area contributed by atoms with Gasteiger partial charge in [0.15, 0.2) is 0 Å². The zero-order valence-corrected chi connectivity index (χ0v) is 27.2. The first-order valence-electron chi connectivity index (χ1n) is 13.9. The number of aromatic nitrogens is 6. The standard InChI is InChI=1S/C33H25BrN6O3S2/c1-18-27(30(42)39(37-18)32-35-24(16-44-32)20-8-4-3-5-9-20)29(21-12-14-22(34)15-13-21)28-19(2)38-40(31(28)43)33-36-25(17-45-33)23-10-6-7-11-26(23)41/h3-17,29,41-43H,1-2H3. The van der Waals surface area contributed by atoms with Crippen molar-refractivity contribution < 1.29 is 15.3 Å². The number of nitrogens with zero attached hydrogens (tertiary/aromatic N) is 6. The molecule has 0 radical (unpaired) electrons. The van der Waals surface area contributed by atoms with Crippen LogP contribution < -0.4 is 0 Å². The van der Waals surface area contributed by atoms with Gasteiger partial charge in [0.2, 0.25) is 22.0 Å². The predicted molar refractivity (Wildman–Crippen MR) is 179 cm³/mol. The molecule has 0 spiro atoms. The molecule has 0 bridgehead atoms. The molecule has 0 aliphatic carbocycles. The summed E-state index contributed by atoms with van der Waals surface area (Å²) in [5.41, 5.74) is 5.92. The van der Waals surface area contributed by atoms with Crippen LogP contribution in [0, 0.1) is 13.8 Å². The fraction of sp³-hybridized carbons (Fsp3) is 0.0909. The Morgan fingerprint density at radius 3 is 1.80 bits per heavy atom. The van der Waals surface area contributed by atoms with E-state index >= 15 is 0 Å². The summed E-state index contributed by atoms with van der Waals surface area (Å²) in [6.45, 7) is 3.65. The molecule has 224 valence electrons. The highest BCUT2D eigenvalue weighted by molar-refractivity contribution is 9.10. The summed E-state index contributed by atoms with van der Waals surface area (Å²) in [6.07, 6.45) is 0. The van der Waals surface area contributed by atoms with Crippen LogP contribution in [0.4, 0.5) is 0 Å². The number of thiazole rings is 2. The van der Waals surface area contributed by atoms with Crippen molar-refractivity contribution in [3.8, 4) is 50.3 Å². The predicted octanol–water partition coefficient (Wildman–Crippen LogP) is 7.98. The number of rotatable bonds is 7. The van der Waals surface area contributed by atoms with E-state index < -0.39 is 5.92 Å². The van der Waals surface area contributed by atoms with Crippen LogP contribution in [0.5, 0.6) is 17.5 Å². The molecule has 45 heavy (non-hydrogen) atoms. The molecule has 9 nitrogen and oxygen atoms in total. The van der Waals surface area contributed by atoms with Crippen LogP contribution in [0.25, 0.3) is 32.8 Å². The number of aryl methyl sites for hydroxylation is 2. The van der Waals surface area contributed by atoms with Crippen molar-refractivity contribution in [2.45, 2.75) is 19.8 Å². The van der Waals surface area contributed by atoms with Crippen molar-refractivity contribution in [3.63, 3.8) is 0 Å². The van der Waals surface area contributed by atoms with Gasteiger partial charge in [0.1, 0.15) is 5.75 Å². The van der Waals surface area contributed by atoms with Gasteiger partial charge in [0.05, 0.1) is 22.8 Å². The molecule has 4 aromatic heterocycles. The van der Waals surface area contributed by atoms with E-state index in [0.29, 0.717) is 44.0 Å². The normalized spacial score (nSPS) is 12.1. The zero-order valence-electron chi connectivity index (χ0n) is 24.0. The van der Waals surface area contributed by atoms with E-state index in [1.54, 1.807) is 18.2 Å². The van der Waals surface area contributed by atoms with E-state index in [0.717, 1.165) is 21.3 Å². The van der Waals surface area contributed by atoms with Gasteiger partial charge < -0.3 is 15.3 Å². The van der Waals surface area contributed by atoms with E-state index in [2.05, 4.69) is 26.0 Å². The molecule has 7 rings (SSSR count). The first-order chi connectivity index (χ1) is 21.8. The maximum atomic E-state index is 11.8. The Hall–Kier alpha value is -4.78. The van der Waals surface area contributed by atoms with Crippen molar-refractivity contribution in [2.24, 2.45) is 0 Å². The van der Waals surface area contributed by atoms with Crippen molar-refractivity contribution >= 4 is 38.6 Å². The zero-order chi connectivity index (χ0) is 31.2. The highest BCUT2D eigenvalue weighted by Crippen LogP contribution is 2.45. The van der Waals surface area contributed by atoms with E-state index in [1.165, 1.54) is 32.0 Å². The van der Waals surface area contributed by atoms with Gasteiger partial charge in [0.25, 0.3) is 0 Å². The molecular weight excluding hydrogens is 672 g/mol. The minimum Gasteiger partial charge on any atom is -0.507 e. The first-order valence-corrected chi connectivity index (χ1v) is 16.4. The average Bonchev–Trinajstić information content (AvgIpc) is 3.83. The summed E-state index contributed by atoms with van der Waals surface area (Å²) in [5, 5.41) is 48.0. The molecule has 7 aromatic rings. The van der Waals surface area contributed by atoms with Gasteiger partial charge in [-0.15, -0.1) is 22.7 Å². The quantitative estimate of drug-likeness (QED) is 0.154. The minimum atomic E-state index is -0.619. The number of benzene rings is 3. The molecule has 1 unspecified atom stereocenters. The summed E-state index contributed by atoms with van der Waals surface area (Å²) in [4.78, 5) is 9.43. The molecule has 3 aromatic carbocycles. The number of hydrogen-bond donors (Lipinski definition) is 3. The van der Waals surface area contributed by atoms with Crippen LogP contribution in [0.3, 0.4) is 0 Å². The largest absolute Gasteiger partial charge is 0.507 e. The number of aromatic hydroxyl groups is 3. The summed E-state index contributed by atoms with van der Waals surface area (Å²) in [5.74, 6) is -0.681. The van der Waals surface area contributed by atoms with Crippen LogP contribution in [0.2, 0.25) is 0 Å². The number of phenols is 1. The Morgan fingerprint density at radius 2 is 1.20 bits per heavy atom. The van der Waals surface area contributed by atoms with Crippen molar-refractivity contribution in [1.82, 2.24) is 29.5 Å². The molecule has 3 N–H and O–H groups in total. The van der Waals surface area contributed by atoms with Crippen LogP contribution in [0.1, 0.15) is 34.0 Å². The second kappa shape index (κ2) is 11.6. The molecular formula is C33H25BrN6O3S2. The maximum absolute atomic E-state index is 11.8. The van der Waals surface area contributed by atoms with E-state index in [4.69, 9.17) is 10.1 Å². The Morgan fingerprint density at radius 1 is 0.667 bits per heavy atom. The summed E-state index contributed by atoms with van der Waals surface area (Å²) >= 11 is 6.20. The molecule has 0 fully saturated rings. The third-order valence-electron chi connectivity index (χ3n) is 7.54. The van der Waals surface area contributed by atoms with Gasteiger partial charge in [-0.2, -0.15) is 19.6 Å². The van der Waals surface area contributed by atoms with E-state index in [1.807, 2.05) is 85.3 Å². The Kier molecular flexibility index (Phi) is 7.48. The molecule has 0 saturated carbocycles. The van der Waals surface area contributed by atoms with E-state index in [-0.39, 0.29) is 17.5 Å². The Balaban J connectivity index is 1.35. The van der Waals surface area contributed by atoms with Crippen LogP contribution >= 0.6 is 38.6 Å². The SMILES string of the molecule is Cc1nn(-c2nc(-c3ccccc3)cs2)c(O)c1C(c1ccc(Br)cc1)c1c(C)nn(-c2nc(-c3ccccc3O)cs2)c1O. The molecule has 0 saturated heterocycles. The van der Waals surface area contributed by atoms with Crippen LogP contribution in [-0.4, -0.2) is 44.8 Å². The lowest BCUT2D eigenvalue weighted by atomic mass is 9.85. The van der Waals surface area contributed by atoms with Crippen LogP contribution in [-0.2, 0) is 0 Å². The highest BCUT2D eigenvalue weighted by atomic mass is 79.9. The van der Waals surface area contributed by atoms with Crippen molar-refractivity contribution in [3.05, 3.63) is 122 Å². The molecule has 12 heteroatoms. The number of halogens is 1. The smallest absolute Gasteiger partial charge is 0.220 e. The van der Waals surface area contributed by atoms with Crippen molar-refractivity contribution in [1.29, 1.82) is 0 Å². The van der Waals surface area contributed by atoms with Gasteiger partial charge in [-0.25, -0.2) is 9.97 Å². The molecule has 1 atom stereocenters. The monoisotopic (exact) mass is 696 g/mol. The molecule has 0 amide bonds. The molecule has 0 aliphatic heterocycles. The van der Waals surface area contributed by atoms with Crippen molar-refractivity contribution in [2.75, 3.05) is 0 Å². The molecule has 0 aliphatic rings. The highest BCUT2D eigenvalue weighted by Gasteiger charge is 2.34. The maximum Gasteiger partial charge on any atom is 0.220 e. The minimum absolute atomic E-state index is 0.0722. The first kappa shape index (κ1) is 29.0. The summed E-state index contributed by atoms with van der Waals surface area (Å²) < 4.78 is 3.74. The fourth-order valence-corrected chi connectivity index (χ4v) is 7.23. The van der Waals surface area contributed by atoms with Gasteiger partial charge in [0, 0.05) is 43.4 Å². The van der Waals surface area contributed by atoms with E-state index in [9.17, 15) is 15.3 Å². The lowest BCUT2D eigenvalue weighted by molar-refractivity contribution is 0.420. The van der Waals surface area contributed by atoms with Gasteiger partial charge in [-0.3, -0.25) is 0 Å². The topological polar surface area (TPSA) is 122 Å². The summed E-state index contributed by atoms with van der Waals surface area (Å²) in [6, 6.07) is 24.5. The number of para-hydroxylation sites is 1. The second-order valence-corrected chi connectivity index (χ2v) is 13.0. The van der Waals surface area contributed by atoms with Gasteiger partial charge >= 0.3 is 0 Å². The Labute approximate surface area is 274 Å². The third-order valence-corrected chi connectivity index (χ3v) is 9.70. The third kappa shape index (κ3) is 5.20. The lowest BCUT2D eigenvalue weighted by Gasteiger charge is -2.18. The second-order valence-electron chi connectivity index (χ2n) is 10.4. The lowest BCUT2D eigenvalue weighted by Crippen LogP contribution is -2.06. The number of hydrogen-bond acceptors (Lipinski definition) is 9. The van der Waals surface area contributed by atoms with Gasteiger partial charge in [-0.05, 0) is 43.7 Å². The van der Waals surface area contributed by atoms with Crippen LogP contribution in [0.15, 0.2) is 94.1 Å². The summed E-state index contributed by atoms with van der Waals surface area (Å²) in [7, 11) is 0. The average molecular weight is 698 g/mol.